The van der Waals surface area contributed by atoms with Crippen molar-refractivity contribution in [3.05, 3.63) is 42.0 Å². The van der Waals surface area contributed by atoms with Crippen molar-refractivity contribution in [1.29, 1.82) is 0 Å². The van der Waals surface area contributed by atoms with Crippen molar-refractivity contribution >= 4 is 12.0 Å². The normalized spacial score (nSPS) is 14.2. The largest absolute Gasteiger partial charge is 0.480 e. The Hall–Kier alpha value is -1.65. The van der Waals surface area contributed by atoms with Gasteiger partial charge in [-0.1, -0.05) is 36.9 Å². The first-order valence-electron chi connectivity index (χ1n) is 5.84. The van der Waals surface area contributed by atoms with Crippen LogP contribution in [0.2, 0.25) is 0 Å². The number of carboxylic acids is 1. The van der Waals surface area contributed by atoms with Crippen LogP contribution in [0, 0.1) is 0 Å². The summed E-state index contributed by atoms with van der Waals surface area (Å²) in [5.74, 6) is -0.952. The molecule has 98 valence electrons. The van der Waals surface area contributed by atoms with Crippen molar-refractivity contribution < 1.29 is 15.0 Å². The van der Waals surface area contributed by atoms with Gasteiger partial charge in [0, 0.05) is 6.54 Å². The van der Waals surface area contributed by atoms with Gasteiger partial charge in [0.05, 0.1) is 0 Å². The fourth-order valence-electron chi connectivity index (χ4n) is 1.81. The molecule has 0 radical (unpaired) electrons. The molecule has 0 aliphatic heterocycles. The number of hydrogen-bond donors (Lipinski definition) is 2. The summed E-state index contributed by atoms with van der Waals surface area (Å²) in [6.45, 7) is 7.22. The Bertz CT molecular complexity index is 429. The van der Waals surface area contributed by atoms with Gasteiger partial charge in [0.2, 0.25) is 0 Å². The molecule has 0 heterocycles. The zero-order valence-electron chi connectivity index (χ0n) is 10.7. The smallest absolute Gasteiger partial charge is 0.320 e. The third-order valence-corrected chi connectivity index (χ3v) is 2.96. The molecule has 0 saturated heterocycles. The lowest BCUT2D eigenvalue weighted by atomic mass is 10.1. The van der Waals surface area contributed by atoms with Gasteiger partial charge in [0.15, 0.2) is 0 Å². The monoisotopic (exact) mass is 249 g/mol. The van der Waals surface area contributed by atoms with Crippen LogP contribution >= 0.6 is 0 Å². The molecule has 2 atom stereocenters. The maximum atomic E-state index is 11.0. The standard InChI is InChI=1S/C14H19NO3/c1-4-12-7-5-6-8-13(12)9-15(11(3)16)10(2)14(17)18/h4-8,10-11,16H,1,9H2,2-3H3,(H,17,18). The Kier molecular flexibility index (Phi) is 5.07. The third kappa shape index (κ3) is 3.42. The molecule has 1 rings (SSSR count). The van der Waals surface area contributed by atoms with E-state index in [9.17, 15) is 9.90 Å². The van der Waals surface area contributed by atoms with Crippen molar-refractivity contribution in [1.82, 2.24) is 4.90 Å². The average Bonchev–Trinajstić information content (AvgIpc) is 2.35. The predicted octanol–water partition coefficient (Wildman–Crippen LogP) is 1.94. The number of benzene rings is 1. The van der Waals surface area contributed by atoms with Gasteiger partial charge in [-0.15, -0.1) is 0 Å². The second-order valence-corrected chi connectivity index (χ2v) is 4.22. The van der Waals surface area contributed by atoms with E-state index in [1.165, 1.54) is 4.90 Å². The Morgan fingerprint density at radius 1 is 1.44 bits per heavy atom. The zero-order valence-corrected chi connectivity index (χ0v) is 10.7. The number of rotatable bonds is 6. The summed E-state index contributed by atoms with van der Waals surface area (Å²) in [5, 5.41) is 18.7. The maximum absolute atomic E-state index is 11.0. The minimum Gasteiger partial charge on any atom is -0.480 e. The van der Waals surface area contributed by atoms with Gasteiger partial charge in [0.1, 0.15) is 12.3 Å². The molecule has 0 bridgehead atoms. The summed E-state index contributed by atoms with van der Waals surface area (Å²) in [7, 11) is 0. The lowest BCUT2D eigenvalue weighted by molar-refractivity contribution is -0.147. The van der Waals surface area contributed by atoms with E-state index in [4.69, 9.17) is 5.11 Å². The lowest BCUT2D eigenvalue weighted by Gasteiger charge is -2.29. The first-order chi connectivity index (χ1) is 8.47. The van der Waals surface area contributed by atoms with Crippen molar-refractivity contribution in [3.8, 4) is 0 Å². The van der Waals surface area contributed by atoms with Gasteiger partial charge in [-0.2, -0.15) is 0 Å². The van der Waals surface area contributed by atoms with Gasteiger partial charge in [-0.3, -0.25) is 9.69 Å². The van der Waals surface area contributed by atoms with E-state index in [2.05, 4.69) is 6.58 Å². The molecule has 0 aromatic heterocycles. The van der Waals surface area contributed by atoms with Gasteiger partial charge >= 0.3 is 5.97 Å². The highest BCUT2D eigenvalue weighted by Crippen LogP contribution is 2.16. The van der Waals surface area contributed by atoms with Crippen LogP contribution in [0.25, 0.3) is 6.08 Å². The Balaban J connectivity index is 2.96. The van der Waals surface area contributed by atoms with Crippen molar-refractivity contribution in [3.63, 3.8) is 0 Å². The zero-order chi connectivity index (χ0) is 13.7. The molecule has 2 N–H and O–H groups in total. The third-order valence-electron chi connectivity index (χ3n) is 2.96. The number of hydrogen-bond acceptors (Lipinski definition) is 3. The van der Waals surface area contributed by atoms with Crippen LogP contribution in [0.1, 0.15) is 25.0 Å². The SMILES string of the molecule is C=Cc1ccccc1CN(C(C)O)C(C)C(=O)O. The van der Waals surface area contributed by atoms with Crippen LogP contribution in [-0.4, -0.2) is 33.4 Å². The topological polar surface area (TPSA) is 60.8 Å². The van der Waals surface area contributed by atoms with Gasteiger partial charge in [0.25, 0.3) is 0 Å². The van der Waals surface area contributed by atoms with Crippen LogP contribution in [0.5, 0.6) is 0 Å². The highest BCUT2D eigenvalue weighted by atomic mass is 16.4. The number of carboxylic acid groups (broad SMARTS) is 1. The Morgan fingerprint density at radius 2 is 2.06 bits per heavy atom. The molecule has 1 aromatic carbocycles. The molecular weight excluding hydrogens is 230 g/mol. The first kappa shape index (κ1) is 14.4. The molecule has 2 unspecified atom stereocenters. The van der Waals surface area contributed by atoms with E-state index in [0.717, 1.165) is 11.1 Å². The van der Waals surface area contributed by atoms with Gasteiger partial charge in [-0.25, -0.2) is 0 Å². The molecular formula is C14H19NO3. The van der Waals surface area contributed by atoms with Gasteiger partial charge < -0.3 is 10.2 Å². The van der Waals surface area contributed by atoms with Crippen LogP contribution < -0.4 is 0 Å². The van der Waals surface area contributed by atoms with E-state index >= 15 is 0 Å². The van der Waals surface area contributed by atoms with Crippen molar-refractivity contribution in [2.45, 2.75) is 32.7 Å². The summed E-state index contributed by atoms with van der Waals surface area (Å²) in [6, 6.07) is 6.85. The van der Waals surface area contributed by atoms with Gasteiger partial charge in [-0.05, 0) is 25.0 Å². The number of carbonyl (C=O) groups is 1. The predicted molar refractivity (Wildman–Crippen MR) is 70.9 cm³/mol. The molecule has 0 aliphatic carbocycles. The Morgan fingerprint density at radius 3 is 2.56 bits per heavy atom. The molecule has 0 aliphatic rings. The van der Waals surface area contributed by atoms with Crippen LogP contribution in [0.15, 0.2) is 30.8 Å². The quantitative estimate of drug-likeness (QED) is 0.756. The molecule has 4 nitrogen and oxygen atoms in total. The molecule has 18 heavy (non-hydrogen) atoms. The summed E-state index contributed by atoms with van der Waals surface area (Å²) >= 11 is 0. The summed E-state index contributed by atoms with van der Waals surface area (Å²) < 4.78 is 0. The van der Waals surface area contributed by atoms with E-state index in [1.807, 2.05) is 24.3 Å². The number of aliphatic hydroxyl groups excluding tert-OH is 1. The average molecular weight is 249 g/mol. The van der Waals surface area contributed by atoms with Crippen molar-refractivity contribution in [2.24, 2.45) is 0 Å². The lowest BCUT2D eigenvalue weighted by Crippen LogP contribution is -2.44. The maximum Gasteiger partial charge on any atom is 0.320 e. The summed E-state index contributed by atoms with van der Waals surface area (Å²) in [5.41, 5.74) is 1.89. The van der Waals surface area contributed by atoms with Crippen molar-refractivity contribution in [2.75, 3.05) is 0 Å². The highest BCUT2D eigenvalue weighted by molar-refractivity contribution is 5.73. The van der Waals surface area contributed by atoms with Crippen LogP contribution in [0.3, 0.4) is 0 Å². The fourth-order valence-corrected chi connectivity index (χ4v) is 1.81. The van der Waals surface area contributed by atoms with E-state index in [-0.39, 0.29) is 0 Å². The minimum atomic E-state index is -0.952. The number of aliphatic hydroxyl groups is 1. The second-order valence-electron chi connectivity index (χ2n) is 4.22. The second kappa shape index (κ2) is 6.33. The summed E-state index contributed by atoms with van der Waals surface area (Å²) in [6.07, 6.45) is 0.898. The fraction of sp³-hybridized carbons (Fsp3) is 0.357. The molecule has 0 fully saturated rings. The minimum absolute atomic E-state index is 0.368. The highest BCUT2D eigenvalue weighted by Gasteiger charge is 2.24. The number of nitrogens with zero attached hydrogens (tertiary/aromatic N) is 1. The number of aliphatic carboxylic acids is 1. The van der Waals surface area contributed by atoms with Crippen LogP contribution in [-0.2, 0) is 11.3 Å². The molecule has 0 spiro atoms. The van der Waals surface area contributed by atoms with Crippen LogP contribution in [0.4, 0.5) is 0 Å². The summed E-state index contributed by atoms with van der Waals surface area (Å²) in [4.78, 5) is 12.5. The van der Waals surface area contributed by atoms with E-state index in [0.29, 0.717) is 6.54 Å². The molecule has 1 aromatic rings. The van der Waals surface area contributed by atoms with E-state index < -0.39 is 18.2 Å². The molecule has 0 saturated carbocycles. The first-order valence-corrected chi connectivity index (χ1v) is 5.84. The molecule has 0 amide bonds. The Labute approximate surface area is 107 Å². The van der Waals surface area contributed by atoms with E-state index in [1.54, 1.807) is 19.9 Å². The molecule has 4 heteroatoms.